The first kappa shape index (κ1) is 24.3. The standard InChI is InChI=1S/C21H22FN3O7S/c1-14-2-5-17(12-19(14)25(28)29)23-20(26)13-32-21(27)15-8-10-24(11-9-15)33(30,31)18-6-3-16(22)4-7-18/h2-7,12,15H,8-11,13H2,1H3,(H,23,26). The van der Waals surface area contributed by atoms with Crippen molar-refractivity contribution in [2.45, 2.75) is 24.7 Å². The lowest BCUT2D eigenvalue weighted by Crippen LogP contribution is -2.40. The second-order valence-electron chi connectivity index (χ2n) is 7.55. The van der Waals surface area contributed by atoms with E-state index in [0.717, 1.165) is 12.1 Å². The third-order valence-electron chi connectivity index (χ3n) is 5.27. The Kier molecular flexibility index (Phi) is 7.39. The molecule has 176 valence electrons. The van der Waals surface area contributed by atoms with E-state index in [-0.39, 0.29) is 42.2 Å². The maximum absolute atomic E-state index is 13.1. The minimum atomic E-state index is -3.80. The molecule has 1 heterocycles. The number of carbonyl (C=O) groups excluding carboxylic acids is 2. The Morgan fingerprint density at radius 3 is 2.42 bits per heavy atom. The third kappa shape index (κ3) is 5.90. The molecule has 1 amide bonds. The first-order valence-corrected chi connectivity index (χ1v) is 11.5. The van der Waals surface area contributed by atoms with Crippen LogP contribution in [0.25, 0.3) is 0 Å². The first-order valence-electron chi connectivity index (χ1n) is 10.0. The lowest BCUT2D eigenvalue weighted by molar-refractivity contribution is -0.385. The predicted octanol–water partition coefficient (Wildman–Crippen LogP) is 2.62. The van der Waals surface area contributed by atoms with Crippen LogP contribution in [0.15, 0.2) is 47.4 Å². The largest absolute Gasteiger partial charge is 0.455 e. The Morgan fingerprint density at radius 2 is 1.82 bits per heavy atom. The summed E-state index contributed by atoms with van der Waals surface area (Å²) in [5.74, 6) is -2.39. The van der Waals surface area contributed by atoms with Gasteiger partial charge in [-0.25, -0.2) is 12.8 Å². The average molecular weight is 479 g/mol. The molecule has 1 fully saturated rings. The molecule has 2 aromatic carbocycles. The number of hydrogen-bond donors (Lipinski definition) is 1. The van der Waals surface area contributed by atoms with Gasteiger partial charge < -0.3 is 10.1 Å². The van der Waals surface area contributed by atoms with Gasteiger partial charge in [0.05, 0.1) is 15.7 Å². The number of rotatable bonds is 7. The number of nitro groups is 1. The number of ether oxygens (including phenoxy) is 1. The van der Waals surface area contributed by atoms with Crippen LogP contribution in [-0.2, 0) is 24.3 Å². The number of hydrogen-bond acceptors (Lipinski definition) is 7. The topological polar surface area (TPSA) is 136 Å². The van der Waals surface area contributed by atoms with E-state index in [2.05, 4.69) is 5.32 Å². The molecule has 0 aromatic heterocycles. The van der Waals surface area contributed by atoms with Crippen LogP contribution < -0.4 is 5.32 Å². The maximum Gasteiger partial charge on any atom is 0.309 e. The zero-order valence-corrected chi connectivity index (χ0v) is 18.5. The van der Waals surface area contributed by atoms with Crippen LogP contribution in [-0.4, -0.2) is 49.2 Å². The lowest BCUT2D eigenvalue weighted by Gasteiger charge is -2.30. The van der Waals surface area contributed by atoms with E-state index in [9.17, 15) is 32.5 Å². The van der Waals surface area contributed by atoms with Gasteiger partial charge in [0.2, 0.25) is 10.0 Å². The van der Waals surface area contributed by atoms with E-state index in [1.807, 2.05) is 0 Å². The summed E-state index contributed by atoms with van der Waals surface area (Å²) < 4.78 is 44.6. The van der Waals surface area contributed by atoms with Crippen molar-refractivity contribution in [3.05, 3.63) is 64.0 Å². The molecule has 3 rings (SSSR count). The van der Waals surface area contributed by atoms with Gasteiger partial charge in [0.15, 0.2) is 6.61 Å². The number of aryl methyl sites for hydroxylation is 1. The summed E-state index contributed by atoms with van der Waals surface area (Å²) in [6.45, 7) is 1.16. The number of benzene rings is 2. The number of anilines is 1. The Labute approximate surface area is 189 Å². The molecule has 1 N–H and O–H groups in total. The van der Waals surface area contributed by atoms with Gasteiger partial charge in [0.1, 0.15) is 5.82 Å². The van der Waals surface area contributed by atoms with Crippen LogP contribution in [0, 0.1) is 28.8 Å². The summed E-state index contributed by atoms with van der Waals surface area (Å²) in [6, 6.07) is 8.71. The number of esters is 1. The molecule has 0 atom stereocenters. The lowest BCUT2D eigenvalue weighted by atomic mass is 9.98. The molecule has 0 radical (unpaired) electrons. The van der Waals surface area contributed by atoms with Crippen molar-refractivity contribution in [3.63, 3.8) is 0 Å². The SMILES string of the molecule is Cc1ccc(NC(=O)COC(=O)C2CCN(S(=O)(=O)c3ccc(F)cc3)CC2)cc1[N+](=O)[O-]. The Hall–Kier alpha value is -3.38. The minimum absolute atomic E-state index is 0.0297. The molecule has 0 bridgehead atoms. The fourth-order valence-electron chi connectivity index (χ4n) is 3.42. The fraction of sp³-hybridized carbons (Fsp3) is 0.333. The summed E-state index contributed by atoms with van der Waals surface area (Å²) in [7, 11) is -3.80. The van der Waals surface area contributed by atoms with Crippen LogP contribution in [0.5, 0.6) is 0 Å². The molecule has 1 aliphatic rings. The number of halogens is 1. The number of amides is 1. The van der Waals surface area contributed by atoms with E-state index in [1.54, 1.807) is 6.92 Å². The van der Waals surface area contributed by atoms with Crippen molar-refractivity contribution >= 4 is 33.3 Å². The number of piperidine rings is 1. The number of sulfonamides is 1. The summed E-state index contributed by atoms with van der Waals surface area (Å²) in [5.41, 5.74) is 0.497. The second-order valence-corrected chi connectivity index (χ2v) is 9.48. The highest BCUT2D eigenvalue weighted by atomic mass is 32.2. The monoisotopic (exact) mass is 479 g/mol. The minimum Gasteiger partial charge on any atom is -0.455 e. The third-order valence-corrected chi connectivity index (χ3v) is 7.19. The quantitative estimate of drug-likeness (QED) is 0.366. The number of nitrogens with zero attached hydrogens (tertiary/aromatic N) is 2. The highest BCUT2D eigenvalue weighted by Gasteiger charge is 2.33. The highest BCUT2D eigenvalue weighted by molar-refractivity contribution is 7.89. The first-order chi connectivity index (χ1) is 15.6. The molecule has 1 saturated heterocycles. The van der Waals surface area contributed by atoms with Gasteiger partial charge in [-0.15, -0.1) is 0 Å². The van der Waals surface area contributed by atoms with Crippen molar-refractivity contribution < 1.29 is 32.1 Å². The number of nitrogens with one attached hydrogen (secondary N) is 1. The van der Waals surface area contributed by atoms with Gasteiger partial charge in [-0.1, -0.05) is 6.07 Å². The van der Waals surface area contributed by atoms with E-state index in [4.69, 9.17) is 4.74 Å². The summed E-state index contributed by atoms with van der Waals surface area (Å²) in [5, 5.41) is 13.4. The van der Waals surface area contributed by atoms with Gasteiger partial charge in [-0.2, -0.15) is 4.31 Å². The number of carbonyl (C=O) groups is 2. The Bertz CT molecular complexity index is 1160. The summed E-state index contributed by atoms with van der Waals surface area (Å²) in [6.07, 6.45) is 0.427. The van der Waals surface area contributed by atoms with Gasteiger partial charge in [0, 0.05) is 30.4 Å². The zero-order valence-electron chi connectivity index (χ0n) is 17.7. The van der Waals surface area contributed by atoms with E-state index < -0.39 is 45.2 Å². The predicted molar refractivity (Wildman–Crippen MR) is 115 cm³/mol. The highest BCUT2D eigenvalue weighted by Crippen LogP contribution is 2.25. The fourth-order valence-corrected chi connectivity index (χ4v) is 4.89. The van der Waals surface area contributed by atoms with Crippen LogP contribution in [0.2, 0.25) is 0 Å². The molecule has 12 heteroatoms. The van der Waals surface area contributed by atoms with Gasteiger partial charge in [-0.05, 0) is 50.1 Å². The molecule has 0 saturated carbocycles. The normalized spacial score (nSPS) is 15.1. The van der Waals surface area contributed by atoms with Crippen molar-refractivity contribution in [3.8, 4) is 0 Å². The van der Waals surface area contributed by atoms with Crippen molar-refractivity contribution in [1.29, 1.82) is 0 Å². The van der Waals surface area contributed by atoms with Crippen molar-refractivity contribution in [2.24, 2.45) is 5.92 Å². The van der Waals surface area contributed by atoms with Crippen molar-refractivity contribution in [2.75, 3.05) is 25.0 Å². The molecule has 2 aromatic rings. The summed E-state index contributed by atoms with van der Waals surface area (Å²) in [4.78, 5) is 34.8. The second kappa shape index (κ2) is 10.0. The molecule has 33 heavy (non-hydrogen) atoms. The molecule has 0 aliphatic carbocycles. The molecular formula is C21H22FN3O7S. The van der Waals surface area contributed by atoms with E-state index >= 15 is 0 Å². The molecular weight excluding hydrogens is 457 g/mol. The zero-order chi connectivity index (χ0) is 24.2. The molecule has 1 aliphatic heterocycles. The smallest absolute Gasteiger partial charge is 0.309 e. The van der Waals surface area contributed by atoms with Crippen LogP contribution >= 0.6 is 0 Å². The van der Waals surface area contributed by atoms with Gasteiger partial charge in [-0.3, -0.25) is 19.7 Å². The maximum atomic E-state index is 13.1. The van der Waals surface area contributed by atoms with Crippen molar-refractivity contribution in [1.82, 2.24) is 4.31 Å². The molecule has 0 unspecified atom stereocenters. The van der Waals surface area contributed by atoms with Crippen LogP contribution in [0.3, 0.4) is 0 Å². The average Bonchev–Trinajstić information content (AvgIpc) is 2.79. The van der Waals surface area contributed by atoms with Gasteiger partial charge >= 0.3 is 5.97 Å². The number of nitro benzene ring substituents is 1. The molecule has 10 nitrogen and oxygen atoms in total. The molecule has 0 spiro atoms. The van der Waals surface area contributed by atoms with Crippen LogP contribution in [0.1, 0.15) is 18.4 Å². The van der Waals surface area contributed by atoms with Gasteiger partial charge in [0.25, 0.3) is 11.6 Å². The van der Waals surface area contributed by atoms with Crippen LogP contribution in [0.4, 0.5) is 15.8 Å². The Morgan fingerprint density at radius 1 is 1.18 bits per heavy atom. The summed E-state index contributed by atoms with van der Waals surface area (Å²) >= 11 is 0. The van der Waals surface area contributed by atoms with E-state index in [1.165, 1.54) is 34.6 Å². The Balaban J connectivity index is 1.49. The van der Waals surface area contributed by atoms with E-state index in [0.29, 0.717) is 5.56 Å².